The summed E-state index contributed by atoms with van der Waals surface area (Å²) in [7, 11) is 0. The zero-order chi connectivity index (χ0) is 7.56. The van der Waals surface area contributed by atoms with Gasteiger partial charge in [-0.1, -0.05) is 12.1 Å². The van der Waals surface area contributed by atoms with Crippen LogP contribution in [0.3, 0.4) is 0 Å². The molecule has 2 nitrogen and oxygen atoms in total. The van der Waals surface area contributed by atoms with Gasteiger partial charge < -0.3 is 5.11 Å². The zero-order valence-electron chi connectivity index (χ0n) is 5.82. The number of carboxylic acid groups (broad SMARTS) is 1. The van der Waals surface area contributed by atoms with E-state index in [4.69, 9.17) is 5.11 Å². The molecule has 0 spiro atoms. The van der Waals surface area contributed by atoms with Gasteiger partial charge in [0.05, 0.1) is 5.56 Å². The van der Waals surface area contributed by atoms with E-state index in [1.165, 1.54) is 6.07 Å². The first kappa shape index (κ1) is 11.0. The summed E-state index contributed by atoms with van der Waals surface area (Å²) >= 11 is 3.96. The molecule has 0 saturated heterocycles. The molecule has 0 saturated carbocycles. The first-order valence-corrected chi connectivity index (χ1v) is 3.18. The maximum absolute atomic E-state index is 10.4. The molecule has 0 aromatic heterocycles. The van der Waals surface area contributed by atoms with Gasteiger partial charge in [0.25, 0.3) is 0 Å². The van der Waals surface area contributed by atoms with Crippen molar-refractivity contribution in [1.82, 2.24) is 0 Å². The van der Waals surface area contributed by atoms with Gasteiger partial charge in [-0.05, 0) is 12.1 Å². The average molecular weight is 355 g/mol. The fourth-order valence-electron chi connectivity index (χ4n) is 0.654. The van der Waals surface area contributed by atoms with Crippen LogP contribution in [0.5, 0.6) is 0 Å². The van der Waals surface area contributed by atoms with Crippen LogP contribution in [0.2, 0.25) is 0 Å². The topological polar surface area (TPSA) is 37.3 Å². The van der Waals surface area contributed by atoms with Crippen LogP contribution in [-0.4, -0.2) is 11.1 Å². The number of thiol groups is 1. The third-order valence-corrected chi connectivity index (χ3v) is 1.52. The Labute approximate surface area is 90.5 Å². The molecule has 0 aliphatic heterocycles. The number of hydrogen-bond donors (Lipinski definition) is 2. The Kier molecular flexibility index (Phi) is 4.76. The number of hydrogen-bond acceptors (Lipinski definition) is 2. The van der Waals surface area contributed by atoms with E-state index in [2.05, 4.69) is 12.6 Å². The Morgan fingerprint density at radius 3 is 2.27 bits per heavy atom. The summed E-state index contributed by atoms with van der Waals surface area (Å²) in [5, 5.41) is 8.52. The fraction of sp³-hybridized carbons (Fsp3) is 0. The van der Waals surface area contributed by atoms with Crippen molar-refractivity contribution in [2.24, 2.45) is 0 Å². The SMILES string of the molecule is O=C(O)c1ccccc1S.[Hg]. The summed E-state index contributed by atoms with van der Waals surface area (Å²) in [4.78, 5) is 10.9. The summed E-state index contributed by atoms with van der Waals surface area (Å²) in [6.45, 7) is 0. The van der Waals surface area contributed by atoms with E-state index in [0.29, 0.717) is 4.90 Å². The molecular weight excluding hydrogens is 349 g/mol. The molecule has 1 rings (SSSR count). The van der Waals surface area contributed by atoms with Crippen molar-refractivity contribution in [2.45, 2.75) is 4.90 Å². The summed E-state index contributed by atoms with van der Waals surface area (Å²) in [6, 6.07) is 6.58. The van der Waals surface area contributed by atoms with Crippen molar-refractivity contribution in [3.63, 3.8) is 0 Å². The summed E-state index contributed by atoms with van der Waals surface area (Å²) in [5.41, 5.74) is 0.242. The fourth-order valence-corrected chi connectivity index (χ4v) is 0.911. The first-order chi connectivity index (χ1) is 4.72. The quantitative estimate of drug-likeness (QED) is 0.594. The largest absolute Gasteiger partial charge is 0.478 e. The number of benzene rings is 1. The molecule has 0 unspecified atom stereocenters. The second kappa shape index (κ2) is 4.77. The molecule has 0 bridgehead atoms. The Morgan fingerprint density at radius 2 is 1.91 bits per heavy atom. The van der Waals surface area contributed by atoms with E-state index in [1.807, 2.05) is 0 Å². The molecule has 4 heteroatoms. The van der Waals surface area contributed by atoms with Gasteiger partial charge >= 0.3 is 5.97 Å². The average Bonchev–Trinajstić information content (AvgIpc) is 1.88. The summed E-state index contributed by atoms with van der Waals surface area (Å²) in [6.07, 6.45) is 0. The minimum absolute atomic E-state index is 0. The molecule has 0 heterocycles. The van der Waals surface area contributed by atoms with Crippen molar-refractivity contribution >= 4 is 18.6 Å². The summed E-state index contributed by atoms with van der Waals surface area (Å²) < 4.78 is 0. The van der Waals surface area contributed by atoms with E-state index >= 15 is 0 Å². The maximum atomic E-state index is 10.4. The Hall–Kier alpha value is -0.0249. The zero-order valence-corrected chi connectivity index (χ0v) is 12.2. The monoisotopic (exact) mass is 356 g/mol. The van der Waals surface area contributed by atoms with Crippen molar-refractivity contribution in [2.75, 3.05) is 0 Å². The molecule has 1 aromatic carbocycles. The molecule has 1 aromatic rings. The van der Waals surface area contributed by atoms with Gasteiger partial charge in [-0.2, -0.15) is 0 Å². The second-order valence-electron chi connectivity index (χ2n) is 1.82. The molecule has 1 N–H and O–H groups in total. The first-order valence-electron chi connectivity index (χ1n) is 2.73. The van der Waals surface area contributed by atoms with Crippen LogP contribution in [0.1, 0.15) is 10.4 Å². The van der Waals surface area contributed by atoms with Crippen LogP contribution in [0.15, 0.2) is 29.2 Å². The molecule has 11 heavy (non-hydrogen) atoms. The van der Waals surface area contributed by atoms with Gasteiger partial charge in [-0.3, -0.25) is 0 Å². The number of aromatic carboxylic acids is 1. The second-order valence-corrected chi connectivity index (χ2v) is 2.30. The third-order valence-electron chi connectivity index (χ3n) is 1.13. The Balaban J connectivity index is 0.000001000. The van der Waals surface area contributed by atoms with Crippen LogP contribution < -0.4 is 0 Å². The molecule has 54 valence electrons. The van der Waals surface area contributed by atoms with Gasteiger partial charge in [-0.15, -0.1) is 12.6 Å². The third kappa shape index (κ3) is 2.83. The number of rotatable bonds is 1. The van der Waals surface area contributed by atoms with E-state index in [0.717, 1.165) is 0 Å². The number of carbonyl (C=O) groups is 1. The Morgan fingerprint density at radius 1 is 1.36 bits per heavy atom. The van der Waals surface area contributed by atoms with Crippen LogP contribution in [0.25, 0.3) is 0 Å². The predicted octanol–water partition coefficient (Wildman–Crippen LogP) is 1.67. The van der Waals surface area contributed by atoms with Crippen molar-refractivity contribution in [3.8, 4) is 0 Å². The normalized spacial score (nSPS) is 8.45. The van der Waals surface area contributed by atoms with E-state index in [1.54, 1.807) is 18.2 Å². The van der Waals surface area contributed by atoms with E-state index < -0.39 is 5.97 Å². The van der Waals surface area contributed by atoms with Crippen LogP contribution in [-0.2, 0) is 27.7 Å². The predicted molar refractivity (Wildman–Crippen MR) is 40.7 cm³/mol. The molecular formula is C7H6HgO2S. The maximum Gasteiger partial charge on any atom is 0.336 e. The van der Waals surface area contributed by atoms with E-state index in [9.17, 15) is 4.79 Å². The van der Waals surface area contributed by atoms with Crippen molar-refractivity contribution < 1.29 is 37.6 Å². The summed E-state index contributed by atoms with van der Waals surface area (Å²) in [5.74, 6) is -0.939. The van der Waals surface area contributed by atoms with Gasteiger partial charge in [0.15, 0.2) is 0 Å². The van der Waals surface area contributed by atoms with Crippen LogP contribution in [0, 0.1) is 0 Å². The van der Waals surface area contributed by atoms with Gasteiger partial charge in [0, 0.05) is 32.6 Å². The molecule has 0 amide bonds. The molecule has 0 radical (unpaired) electrons. The van der Waals surface area contributed by atoms with E-state index in [-0.39, 0.29) is 33.2 Å². The van der Waals surface area contributed by atoms with Crippen LogP contribution in [0.4, 0.5) is 0 Å². The van der Waals surface area contributed by atoms with Crippen molar-refractivity contribution in [3.05, 3.63) is 29.8 Å². The van der Waals surface area contributed by atoms with Gasteiger partial charge in [0.1, 0.15) is 0 Å². The molecule has 0 fully saturated rings. The molecule has 0 aliphatic carbocycles. The minimum atomic E-state index is -0.939. The van der Waals surface area contributed by atoms with Gasteiger partial charge in [0.2, 0.25) is 0 Å². The van der Waals surface area contributed by atoms with Crippen LogP contribution >= 0.6 is 12.6 Å². The smallest absolute Gasteiger partial charge is 0.336 e. The molecule has 0 aliphatic rings. The standard InChI is InChI=1S/C7H6O2S.Hg/c8-7(9)5-3-1-2-4-6(5)10;/h1-4,10H,(H,8,9);. The molecule has 0 atom stereocenters. The van der Waals surface area contributed by atoms with Crippen molar-refractivity contribution in [1.29, 1.82) is 0 Å². The van der Waals surface area contributed by atoms with Gasteiger partial charge in [-0.25, -0.2) is 4.79 Å². The Bertz CT molecular complexity index is 262. The minimum Gasteiger partial charge on any atom is -0.478 e. The number of carboxylic acids is 1.